The number of nitrogens with zero attached hydrogens (tertiary/aromatic N) is 2. The summed E-state index contributed by atoms with van der Waals surface area (Å²) in [5, 5.41) is 5.85. The molecule has 0 spiro atoms. The highest BCUT2D eigenvalue weighted by Crippen LogP contribution is 2.27. The van der Waals surface area contributed by atoms with Crippen molar-refractivity contribution >= 4 is 17.5 Å². The van der Waals surface area contributed by atoms with Gasteiger partial charge in [-0.3, -0.25) is 14.6 Å². The molecule has 6 nitrogen and oxygen atoms in total. The Morgan fingerprint density at radius 2 is 1.89 bits per heavy atom. The van der Waals surface area contributed by atoms with E-state index in [4.69, 9.17) is 0 Å². The molecule has 0 aliphatic carbocycles. The van der Waals surface area contributed by atoms with Gasteiger partial charge in [0, 0.05) is 24.0 Å². The second-order valence-electron chi connectivity index (χ2n) is 7.49. The fraction of sp³-hybridized carbons (Fsp3) is 0.409. The molecule has 0 aliphatic heterocycles. The molecular weight excluding hydrogens is 352 g/mol. The molecule has 1 heterocycles. The number of para-hydroxylation sites is 1. The van der Waals surface area contributed by atoms with Crippen LogP contribution in [-0.4, -0.2) is 48.9 Å². The van der Waals surface area contributed by atoms with Gasteiger partial charge in [0.15, 0.2) is 0 Å². The van der Waals surface area contributed by atoms with Gasteiger partial charge in [0.25, 0.3) is 11.8 Å². The molecule has 0 bridgehead atoms. The number of rotatable bonds is 8. The van der Waals surface area contributed by atoms with Crippen molar-refractivity contribution in [3.63, 3.8) is 0 Å². The van der Waals surface area contributed by atoms with Crippen molar-refractivity contribution in [3.8, 4) is 0 Å². The molecule has 0 atom stereocenters. The Hall–Kier alpha value is -2.73. The first-order valence-corrected chi connectivity index (χ1v) is 9.59. The summed E-state index contributed by atoms with van der Waals surface area (Å²) < 4.78 is 0. The van der Waals surface area contributed by atoms with Crippen molar-refractivity contribution in [2.24, 2.45) is 0 Å². The van der Waals surface area contributed by atoms with E-state index in [1.54, 1.807) is 6.07 Å². The highest BCUT2D eigenvalue weighted by molar-refractivity contribution is 6.05. The van der Waals surface area contributed by atoms with Crippen molar-refractivity contribution in [1.29, 1.82) is 0 Å². The van der Waals surface area contributed by atoms with Gasteiger partial charge in [-0.15, -0.1) is 0 Å². The number of amides is 2. The summed E-state index contributed by atoms with van der Waals surface area (Å²) in [5.74, 6) is -0.241. The molecule has 2 aromatic rings. The second-order valence-corrected chi connectivity index (χ2v) is 7.49. The van der Waals surface area contributed by atoms with Gasteiger partial charge in [-0.2, -0.15) is 0 Å². The Morgan fingerprint density at radius 1 is 1.14 bits per heavy atom. The van der Waals surface area contributed by atoms with E-state index in [1.807, 2.05) is 39.2 Å². The Bertz CT molecular complexity index is 831. The number of aryl methyl sites for hydroxylation is 1. The third-order valence-electron chi connectivity index (χ3n) is 4.49. The third-order valence-corrected chi connectivity index (χ3v) is 4.49. The lowest BCUT2D eigenvalue weighted by Gasteiger charge is -2.16. The normalized spacial score (nSPS) is 11.0. The Morgan fingerprint density at radius 3 is 2.57 bits per heavy atom. The molecule has 1 aromatic carbocycles. The molecular formula is C22H30N4O2. The van der Waals surface area contributed by atoms with Crippen LogP contribution in [0.1, 0.15) is 58.2 Å². The number of carbonyl (C=O) groups is 2. The van der Waals surface area contributed by atoms with E-state index in [0.29, 0.717) is 12.1 Å². The smallest absolute Gasteiger partial charge is 0.274 e. The Kier molecular flexibility index (Phi) is 7.70. The molecule has 6 heteroatoms. The number of hydrogen-bond acceptors (Lipinski definition) is 4. The van der Waals surface area contributed by atoms with E-state index in [-0.39, 0.29) is 23.4 Å². The summed E-state index contributed by atoms with van der Waals surface area (Å²) >= 11 is 0. The Balaban J connectivity index is 2.10. The van der Waals surface area contributed by atoms with Crippen LogP contribution in [0.2, 0.25) is 0 Å². The molecule has 28 heavy (non-hydrogen) atoms. The lowest BCUT2D eigenvalue weighted by Crippen LogP contribution is -2.27. The molecule has 2 rings (SSSR count). The first-order chi connectivity index (χ1) is 13.3. The van der Waals surface area contributed by atoms with Gasteiger partial charge in [-0.1, -0.05) is 32.0 Å². The van der Waals surface area contributed by atoms with Crippen LogP contribution in [0, 0.1) is 6.92 Å². The van der Waals surface area contributed by atoms with Crippen LogP contribution in [0.3, 0.4) is 0 Å². The Labute approximate surface area is 167 Å². The fourth-order valence-corrected chi connectivity index (χ4v) is 2.92. The highest BCUT2D eigenvalue weighted by atomic mass is 16.2. The maximum Gasteiger partial charge on any atom is 0.274 e. The van der Waals surface area contributed by atoms with Crippen molar-refractivity contribution in [2.75, 3.05) is 32.5 Å². The van der Waals surface area contributed by atoms with Gasteiger partial charge < -0.3 is 15.5 Å². The van der Waals surface area contributed by atoms with Crippen LogP contribution in [0.5, 0.6) is 0 Å². The number of nitrogens with one attached hydrogen (secondary N) is 2. The second kappa shape index (κ2) is 9.99. The zero-order chi connectivity index (χ0) is 20.7. The average molecular weight is 383 g/mol. The minimum absolute atomic E-state index is 0.200. The molecule has 0 saturated heterocycles. The molecule has 2 N–H and O–H groups in total. The van der Waals surface area contributed by atoms with Gasteiger partial charge in [0.2, 0.25) is 0 Å². The van der Waals surface area contributed by atoms with Crippen LogP contribution in [0.25, 0.3) is 0 Å². The monoisotopic (exact) mass is 382 g/mol. The molecule has 1 aromatic heterocycles. The van der Waals surface area contributed by atoms with Crippen LogP contribution < -0.4 is 10.6 Å². The predicted molar refractivity (Wildman–Crippen MR) is 113 cm³/mol. The lowest BCUT2D eigenvalue weighted by atomic mass is 9.98. The number of carbonyl (C=O) groups excluding carboxylic acids is 2. The van der Waals surface area contributed by atoms with E-state index < -0.39 is 0 Å². The summed E-state index contributed by atoms with van der Waals surface area (Å²) in [6.07, 6.45) is 2.35. The van der Waals surface area contributed by atoms with Crippen LogP contribution in [-0.2, 0) is 0 Å². The maximum absolute atomic E-state index is 12.7. The van der Waals surface area contributed by atoms with E-state index in [9.17, 15) is 9.59 Å². The standard InChI is InChI=1S/C22H30N4O2/c1-15(2)18-9-6-8-16(3)20(18)25-22(28)19-14-17(10-12-23-19)21(27)24-11-7-13-26(4)5/h6,8-10,12,14-15H,7,11,13H2,1-5H3,(H,24,27)(H,25,28). The number of pyridine rings is 1. The predicted octanol–water partition coefficient (Wildman–Crippen LogP) is 3.45. The fourth-order valence-electron chi connectivity index (χ4n) is 2.92. The number of benzene rings is 1. The lowest BCUT2D eigenvalue weighted by molar-refractivity contribution is 0.0952. The molecule has 150 valence electrons. The van der Waals surface area contributed by atoms with Gasteiger partial charge in [0.05, 0.1) is 0 Å². The van der Waals surface area contributed by atoms with Gasteiger partial charge in [-0.05, 0) is 63.2 Å². The molecule has 0 unspecified atom stereocenters. The quantitative estimate of drug-likeness (QED) is 0.686. The summed E-state index contributed by atoms with van der Waals surface area (Å²) in [6.45, 7) is 7.63. The molecule has 0 radical (unpaired) electrons. The number of hydrogen-bond donors (Lipinski definition) is 2. The highest BCUT2D eigenvalue weighted by Gasteiger charge is 2.16. The van der Waals surface area contributed by atoms with Crippen LogP contribution in [0.15, 0.2) is 36.5 Å². The largest absolute Gasteiger partial charge is 0.352 e. The van der Waals surface area contributed by atoms with E-state index in [1.165, 1.54) is 12.3 Å². The maximum atomic E-state index is 12.7. The molecule has 0 saturated carbocycles. The first-order valence-electron chi connectivity index (χ1n) is 9.59. The van der Waals surface area contributed by atoms with Crippen molar-refractivity contribution < 1.29 is 9.59 Å². The van der Waals surface area contributed by atoms with Crippen molar-refractivity contribution in [1.82, 2.24) is 15.2 Å². The van der Waals surface area contributed by atoms with Crippen LogP contribution >= 0.6 is 0 Å². The van der Waals surface area contributed by atoms with Crippen molar-refractivity contribution in [2.45, 2.75) is 33.1 Å². The van der Waals surface area contributed by atoms with E-state index in [0.717, 1.165) is 29.8 Å². The summed E-state index contributed by atoms with van der Waals surface area (Å²) in [6, 6.07) is 9.11. The SMILES string of the molecule is Cc1cccc(C(C)C)c1NC(=O)c1cc(C(=O)NCCCN(C)C)ccn1. The molecule has 2 amide bonds. The topological polar surface area (TPSA) is 74.3 Å². The van der Waals surface area contributed by atoms with E-state index >= 15 is 0 Å². The van der Waals surface area contributed by atoms with Gasteiger partial charge in [0.1, 0.15) is 5.69 Å². The summed E-state index contributed by atoms with van der Waals surface area (Å²) in [7, 11) is 3.99. The first kappa shape index (κ1) is 21.6. The number of aromatic nitrogens is 1. The van der Waals surface area contributed by atoms with Gasteiger partial charge in [-0.25, -0.2) is 0 Å². The minimum atomic E-state index is -0.321. The van der Waals surface area contributed by atoms with Crippen LogP contribution in [0.4, 0.5) is 5.69 Å². The average Bonchev–Trinajstić information content (AvgIpc) is 2.66. The number of anilines is 1. The zero-order valence-corrected chi connectivity index (χ0v) is 17.4. The third kappa shape index (κ3) is 5.89. The van der Waals surface area contributed by atoms with Crippen molar-refractivity contribution in [3.05, 3.63) is 58.9 Å². The summed E-state index contributed by atoms with van der Waals surface area (Å²) in [4.78, 5) is 31.3. The summed E-state index contributed by atoms with van der Waals surface area (Å²) in [5.41, 5.74) is 3.53. The molecule has 0 fully saturated rings. The van der Waals surface area contributed by atoms with E-state index in [2.05, 4.69) is 34.4 Å². The zero-order valence-electron chi connectivity index (χ0n) is 17.4. The molecule has 0 aliphatic rings. The van der Waals surface area contributed by atoms with Gasteiger partial charge >= 0.3 is 0 Å². The minimum Gasteiger partial charge on any atom is -0.352 e.